The van der Waals surface area contributed by atoms with Gasteiger partial charge < -0.3 is 10.2 Å². The zero-order chi connectivity index (χ0) is 12.8. The summed E-state index contributed by atoms with van der Waals surface area (Å²) in [6, 6.07) is 2.11. The molecular weight excluding hydrogens is 210 g/mol. The van der Waals surface area contributed by atoms with E-state index in [4.69, 9.17) is 6.42 Å². The molecule has 1 rings (SSSR count). The Morgan fingerprint density at radius 1 is 1.47 bits per heavy atom. The molecule has 1 aromatic rings. The van der Waals surface area contributed by atoms with E-state index in [9.17, 15) is 0 Å². The van der Waals surface area contributed by atoms with Crippen molar-refractivity contribution in [3.8, 4) is 12.3 Å². The highest BCUT2D eigenvalue weighted by Crippen LogP contribution is 2.21. The quantitative estimate of drug-likeness (QED) is 0.784. The molecule has 1 N–H and O–H groups in total. The van der Waals surface area contributed by atoms with Crippen LogP contribution in [0.4, 0.5) is 5.82 Å². The van der Waals surface area contributed by atoms with Gasteiger partial charge in [-0.1, -0.05) is 12.8 Å². The average molecular weight is 231 g/mol. The van der Waals surface area contributed by atoms with Crippen molar-refractivity contribution in [1.82, 2.24) is 10.3 Å². The number of pyridine rings is 1. The molecule has 0 aliphatic rings. The summed E-state index contributed by atoms with van der Waals surface area (Å²) in [5.41, 5.74) is 3.52. The SMILES string of the molecule is C#CCN(C)c1nc(C)cc(C)c1CNCC. The van der Waals surface area contributed by atoms with Crippen LogP contribution in [0, 0.1) is 26.2 Å². The molecule has 1 aromatic heterocycles. The van der Waals surface area contributed by atoms with Crippen molar-refractivity contribution in [2.75, 3.05) is 25.0 Å². The zero-order valence-corrected chi connectivity index (χ0v) is 11.2. The topological polar surface area (TPSA) is 28.2 Å². The van der Waals surface area contributed by atoms with Crippen molar-refractivity contribution >= 4 is 5.82 Å². The first-order chi connectivity index (χ1) is 8.10. The van der Waals surface area contributed by atoms with Crippen LogP contribution in [-0.4, -0.2) is 25.1 Å². The number of rotatable bonds is 5. The molecule has 92 valence electrons. The van der Waals surface area contributed by atoms with E-state index < -0.39 is 0 Å². The Hall–Kier alpha value is -1.53. The van der Waals surface area contributed by atoms with Gasteiger partial charge in [-0.25, -0.2) is 4.98 Å². The molecular formula is C14H21N3. The lowest BCUT2D eigenvalue weighted by molar-refractivity contribution is 0.717. The van der Waals surface area contributed by atoms with E-state index in [0.717, 1.165) is 24.6 Å². The summed E-state index contributed by atoms with van der Waals surface area (Å²) in [7, 11) is 1.98. The van der Waals surface area contributed by atoms with Gasteiger partial charge in [0.05, 0.1) is 6.54 Å². The Bertz CT molecular complexity index is 418. The maximum absolute atomic E-state index is 5.36. The fourth-order valence-electron chi connectivity index (χ4n) is 1.84. The summed E-state index contributed by atoms with van der Waals surface area (Å²) in [5, 5.41) is 3.34. The maximum atomic E-state index is 5.36. The fourth-order valence-corrected chi connectivity index (χ4v) is 1.84. The van der Waals surface area contributed by atoms with E-state index in [1.54, 1.807) is 0 Å². The Kier molecular flexibility index (Phi) is 4.99. The first-order valence-corrected chi connectivity index (χ1v) is 5.92. The number of hydrogen-bond donors (Lipinski definition) is 1. The second-order valence-electron chi connectivity index (χ2n) is 4.22. The number of hydrogen-bond acceptors (Lipinski definition) is 3. The minimum Gasteiger partial charge on any atom is -0.348 e. The van der Waals surface area contributed by atoms with Gasteiger partial charge in [-0.05, 0) is 32.0 Å². The highest BCUT2D eigenvalue weighted by Gasteiger charge is 2.11. The molecule has 0 bridgehead atoms. The van der Waals surface area contributed by atoms with Gasteiger partial charge in [0.15, 0.2) is 0 Å². The van der Waals surface area contributed by atoms with Crippen LogP contribution in [0.2, 0.25) is 0 Å². The Labute approximate surface area is 104 Å². The van der Waals surface area contributed by atoms with E-state index >= 15 is 0 Å². The van der Waals surface area contributed by atoms with Crippen molar-refractivity contribution in [1.29, 1.82) is 0 Å². The van der Waals surface area contributed by atoms with Crippen LogP contribution in [0.25, 0.3) is 0 Å². The number of nitrogens with zero attached hydrogens (tertiary/aromatic N) is 2. The summed E-state index contributed by atoms with van der Waals surface area (Å²) < 4.78 is 0. The van der Waals surface area contributed by atoms with E-state index in [-0.39, 0.29) is 0 Å². The largest absolute Gasteiger partial charge is 0.348 e. The Morgan fingerprint density at radius 2 is 2.18 bits per heavy atom. The van der Waals surface area contributed by atoms with Crippen LogP contribution < -0.4 is 10.2 Å². The third kappa shape index (κ3) is 3.47. The Morgan fingerprint density at radius 3 is 2.76 bits per heavy atom. The molecule has 0 unspecified atom stereocenters. The molecule has 0 atom stereocenters. The lowest BCUT2D eigenvalue weighted by atomic mass is 10.1. The minimum atomic E-state index is 0.578. The number of terminal acetylenes is 1. The van der Waals surface area contributed by atoms with Crippen molar-refractivity contribution in [3.05, 3.63) is 22.9 Å². The fraction of sp³-hybridized carbons (Fsp3) is 0.500. The lowest BCUT2D eigenvalue weighted by Gasteiger charge is -2.21. The molecule has 17 heavy (non-hydrogen) atoms. The summed E-state index contributed by atoms with van der Waals surface area (Å²) in [6.07, 6.45) is 5.36. The molecule has 1 heterocycles. The maximum Gasteiger partial charge on any atom is 0.134 e. The standard InChI is InChI=1S/C14H21N3/c1-6-8-17(5)14-13(10-15-7-2)11(3)9-12(4)16-14/h1,9,15H,7-8,10H2,2-5H3. The smallest absolute Gasteiger partial charge is 0.134 e. The van der Waals surface area contributed by atoms with Crippen LogP contribution >= 0.6 is 0 Å². The van der Waals surface area contributed by atoms with Crippen molar-refractivity contribution in [3.63, 3.8) is 0 Å². The van der Waals surface area contributed by atoms with Crippen molar-refractivity contribution in [2.24, 2.45) is 0 Å². The molecule has 0 spiro atoms. The van der Waals surface area contributed by atoms with Gasteiger partial charge in [0.2, 0.25) is 0 Å². The van der Waals surface area contributed by atoms with E-state index in [1.165, 1.54) is 11.1 Å². The van der Waals surface area contributed by atoms with Gasteiger partial charge in [0, 0.05) is 24.8 Å². The normalized spacial score (nSPS) is 10.1. The molecule has 0 amide bonds. The first-order valence-electron chi connectivity index (χ1n) is 5.92. The van der Waals surface area contributed by atoms with Crippen LogP contribution in [-0.2, 0) is 6.54 Å². The minimum absolute atomic E-state index is 0.578. The predicted molar refractivity (Wildman–Crippen MR) is 73.2 cm³/mol. The van der Waals surface area contributed by atoms with Crippen LogP contribution in [0.5, 0.6) is 0 Å². The van der Waals surface area contributed by atoms with Crippen LogP contribution in [0.3, 0.4) is 0 Å². The molecule has 0 saturated carbocycles. The number of aryl methyl sites for hydroxylation is 2. The second kappa shape index (κ2) is 6.27. The van der Waals surface area contributed by atoms with E-state index in [1.807, 2.05) is 18.9 Å². The number of nitrogens with one attached hydrogen (secondary N) is 1. The first kappa shape index (κ1) is 13.5. The van der Waals surface area contributed by atoms with Crippen molar-refractivity contribution in [2.45, 2.75) is 27.3 Å². The van der Waals surface area contributed by atoms with Gasteiger partial charge in [0.25, 0.3) is 0 Å². The average Bonchev–Trinajstić information content (AvgIpc) is 2.27. The summed E-state index contributed by atoms with van der Waals surface area (Å²) in [5.74, 6) is 3.64. The van der Waals surface area contributed by atoms with E-state index in [0.29, 0.717) is 6.54 Å². The third-order valence-electron chi connectivity index (χ3n) is 2.70. The van der Waals surface area contributed by atoms with Crippen LogP contribution in [0.1, 0.15) is 23.7 Å². The predicted octanol–water partition coefficient (Wildman–Crippen LogP) is 1.88. The van der Waals surface area contributed by atoms with E-state index in [2.05, 4.69) is 36.1 Å². The third-order valence-corrected chi connectivity index (χ3v) is 2.70. The van der Waals surface area contributed by atoms with Gasteiger partial charge in [0.1, 0.15) is 5.82 Å². The molecule has 0 radical (unpaired) electrons. The number of aromatic nitrogens is 1. The highest BCUT2D eigenvalue weighted by atomic mass is 15.2. The number of anilines is 1. The summed E-state index contributed by atoms with van der Waals surface area (Å²) in [4.78, 5) is 6.62. The molecule has 3 heteroatoms. The molecule has 0 aliphatic carbocycles. The van der Waals surface area contributed by atoms with Gasteiger partial charge in [-0.2, -0.15) is 0 Å². The molecule has 0 aliphatic heterocycles. The van der Waals surface area contributed by atoms with Crippen molar-refractivity contribution < 1.29 is 0 Å². The molecule has 0 saturated heterocycles. The summed E-state index contributed by atoms with van der Waals surface area (Å²) in [6.45, 7) is 8.59. The zero-order valence-electron chi connectivity index (χ0n) is 11.2. The Balaban J connectivity index is 3.11. The van der Waals surface area contributed by atoms with Gasteiger partial charge in [-0.3, -0.25) is 0 Å². The molecule has 0 aromatic carbocycles. The van der Waals surface area contributed by atoms with Gasteiger partial charge in [-0.15, -0.1) is 6.42 Å². The highest BCUT2D eigenvalue weighted by molar-refractivity contribution is 5.51. The monoisotopic (exact) mass is 231 g/mol. The summed E-state index contributed by atoms with van der Waals surface area (Å²) >= 11 is 0. The second-order valence-corrected chi connectivity index (χ2v) is 4.22. The van der Waals surface area contributed by atoms with Crippen LogP contribution in [0.15, 0.2) is 6.07 Å². The van der Waals surface area contributed by atoms with Gasteiger partial charge >= 0.3 is 0 Å². The molecule has 3 nitrogen and oxygen atoms in total. The lowest BCUT2D eigenvalue weighted by Crippen LogP contribution is -2.23. The molecule has 0 fully saturated rings.